The van der Waals surface area contributed by atoms with E-state index in [9.17, 15) is 4.79 Å². The first-order valence-electron chi connectivity index (χ1n) is 4.78. The number of allylic oxidation sites excluding steroid dienone is 1. The minimum absolute atomic E-state index is 0.274. The number of carbonyl (C=O) groups excluding carboxylic acids is 1. The number of hydrogen-bond donors (Lipinski definition) is 0. The fourth-order valence-electron chi connectivity index (χ4n) is 1.99. The minimum Gasteiger partial charge on any atom is -0.299 e. The molecule has 1 saturated carbocycles. The number of ketones is 1. The van der Waals surface area contributed by atoms with Gasteiger partial charge in [-0.3, -0.25) is 4.79 Å². The van der Waals surface area contributed by atoms with Gasteiger partial charge in [0, 0.05) is 12.3 Å². The van der Waals surface area contributed by atoms with Crippen LogP contribution in [0.2, 0.25) is 0 Å². The molecule has 0 amide bonds. The van der Waals surface area contributed by atoms with Gasteiger partial charge in [0.2, 0.25) is 0 Å². The summed E-state index contributed by atoms with van der Waals surface area (Å²) in [4.78, 5) is 11.5. The van der Waals surface area contributed by atoms with Crippen LogP contribution in [0.5, 0.6) is 0 Å². The summed E-state index contributed by atoms with van der Waals surface area (Å²) in [7, 11) is 0. The molecule has 1 fully saturated rings. The summed E-state index contributed by atoms with van der Waals surface area (Å²) in [5, 5.41) is 0. The lowest BCUT2D eigenvalue weighted by atomic mass is 9.76. The van der Waals surface area contributed by atoms with Crippen molar-refractivity contribution in [2.45, 2.75) is 39.5 Å². The SMILES string of the molecule is C=C(C)C[C@H]1C(=O)CCC[C@@H]1C. The van der Waals surface area contributed by atoms with E-state index in [1.165, 1.54) is 6.42 Å². The molecule has 2 atom stereocenters. The van der Waals surface area contributed by atoms with E-state index in [2.05, 4.69) is 13.5 Å². The Balaban J connectivity index is 2.57. The normalized spacial score (nSPS) is 30.3. The molecule has 0 bridgehead atoms. The summed E-state index contributed by atoms with van der Waals surface area (Å²) < 4.78 is 0. The van der Waals surface area contributed by atoms with Crippen molar-refractivity contribution in [1.29, 1.82) is 0 Å². The molecule has 1 aliphatic carbocycles. The van der Waals surface area contributed by atoms with Crippen LogP contribution in [-0.4, -0.2) is 5.78 Å². The monoisotopic (exact) mass is 166 g/mol. The van der Waals surface area contributed by atoms with E-state index in [0.717, 1.165) is 24.8 Å². The molecule has 12 heavy (non-hydrogen) atoms. The minimum atomic E-state index is 0.274. The van der Waals surface area contributed by atoms with Crippen LogP contribution >= 0.6 is 0 Å². The molecule has 0 heterocycles. The van der Waals surface area contributed by atoms with Crippen LogP contribution in [0.1, 0.15) is 39.5 Å². The first-order chi connectivity index (χ1) is 5.61. The van der Waals surface area contributed by atoms with Crippen molar-refractivity contribution in [2.75, 3.05) is 0 Å². The molecule has 0 aliphatic heterocycles. The summed E-state index contributed by atoms with van der Waals surface area (Å²) in [5.74, 6) is 1.30. The fourth-order valence-corrected chi connectivity index (χ4v) is 1.99. The Bertz CT molecular complexity index is 193. The van der Waals surface area contributed by atoms with Crippen LogP contribution in [-0.2, 0) is 4.79 Å². The molecule has 0 saturated heterocycles. The number of hydrogen-bond acceptors (Lipinski definition) is 1. The zero-order valence-electron chi connectivity index (χ0n) is 8.10. The van der Waals surface area contributed by atoms with Gasteiger partial charge in [0.15, 0.2) is 0 Å². The third-order valence-corrected chi connectivity index (χ3v) is 2.75. The maximum Gasteiger partial charge on any atom is 0.136 e. The molecule has 1 heteroatoms. The van der Waals surface area contributed by atoms with Gasteiger partial charge in [-0.1, -0.05) is 12.5 Å². The number of rotatable bonds is 2. The van der Waals surface area contributed by atoms with E-state index < -0.39 is 0 Å². The largest absolute Gasteiger partial charge is 0.299 e. The van der Waals surface area contributed by atoms with Gasteiger partial charge >= 0.3 is 0 Å². The van der Waals surface area contributed by atoms with E-state index in [-0.39, 0.29) is 5.92 Å². The molecule has 0 radical (unpaired) electrons. The van der Waals surface area contributed by atoms with Crippen LogP contribution in [0.15, 0.2) is 12.2 Å². The molecule has 0 aromatic rings. The standard InChI is InChI=1S/C11H18O/c1-8(2)7-10-9(3)5-4-6-11(10)12/h9-10H,1,4-7H2,2-3H3/t9-,10+/m0/s1. The third-order valence-electron chi connectivity index (χ3n) is 2.75. The second-order valence-corrected chi connectivity index (χ2v) is 4.10. The average Bonchev–Trinajstić information content (AvgIpc) is 1.97. The van der Waals surface area contributed by atoms with Crippen molar-refractivity contribution < 1.29 is 4.79 Å². The highest BCUT2D eigenvalue weighted by atomic mass is 16.1. The maximum absolute atomic E-state index is 11.5. The van der Waals surface area contributed by atoms with Gasteiger partial charge in [-0.05, 0) is 32.1 Å². The molecular formula is C11H18O. The molecule has 0 spiro atoms. The van der Waals surface area contributed by atoms with Crippen LogP contribution < -0.4 is 0 Å². The molecular weight excluding hydrogens is 148 g/mol. The van der Waals surface area contributed by atoms with Gasteiger partial charge in [0.25, 0.3) is 0 Å². The summed E-state index contributed by atoms with van der Waals surface area (Å²) in [5.41, 5.74) is 1.14. The predicted molar refractivity (Wildman–Crippen MR) is 50.9 cm³/mol. The van der Waals surface area contributed by atoms with Crippen LogP contribution in [0.3, 0.4) is 0 Å². The Kier molecular flexibility index (Phi) is 3.07. The smallest absolute Gasteiger partial charge is 0.136 e. The molecule has 0 N–H and O–H groups in total. The molecule has 68 valence electrons. The summed E-state index contributed by atoms with van der Waals surface area (Å²) >= 11 is 0. The molecule has 1 nitrogen and oxygen atoms in total. The van der Waals surface area contributed by atoms with Gasteiger partial charge < -0.3 is 0 Å². The second kappa shape index (κ2) is 3.88. The summed E-state index contributed by atoms with van der Waals surface area (Å²) in [6, 6.07) is 0. The van der Waals surface area contributed by atoms with Gasteiger partial charge in [-0.2, -0.15) is 0 Å². The van der Waals surface area contributed by atoms with E-state index in [1.807, 2.05) is 6.92 Å². The molecule has 0 aromatic carbocycles. The Morgan fingerprint density at radius 3 is 2.83 bits per heavy atom. The molecule has 0 aromatic heterocycles. The van der Waals surface area contributed by atoms with Crippen LogP contribution in [0, 0.1) is 11.8 Å². The highest BCUT2D eigenvalue weighted by molar-refractivity contribution is 5.82. The maximum atomic E-state index is 11.5. The Morgan fingerprint density at radius 2 is 2.33 bits per heavy atom. The number of Topliss-reactive ketones (excluding diaryl/α,β-unsaturated/α-hetero) is 1. The summed E-state index contributed by atoms with van der Waals surface area (Å²) in [6.07, 6.45) is 4.00. The van der Waals surface area contributed by atoms with Crippen molar-refractivity contribution in [3.05, 3.63) is 12.2 Å². The molecule has 0 unspecified atom stereocenters. The van der Waals surface area contributed by atoms with E-state index >= 15 is 0 Å². The number of carbonyl (C=O) groups is 1. The van der Waals surface area contributed by atoms with Crippen molar-refractivity contribution in [2.24, 2.45) is 11.8 Å². The van der Waals surface area contributed by atoms with Crippen molar-refractivity contribution in [3.8, 4) is 0 Å². The Labute approximate surface area is 74.9 Å². The highest BCUT2D eigenvalue weighted by Crippen LogP contribution is 2.30. The Morgan fingerprint density at radius 1 is 1.67 bits per heavy atom. The third kappa shape index (κ3) is 2.20. The zero-order valence-corrected chi connectivity index (χ0v) is 8.10. The van der Waals surface area contributed by atoms with Crippen molar-refractivity contribution in [1.82, 2.24) is 0 Å². The van der Waals surface area contributed by atoms with Crippen molar-refractivity contribution in [3.63, 3.8) is 0 Å². The fraction of sp³-hybridized carbons (Fsp3) is 0.727. The van der Waals surface area contributed by atoms with Gasteiger partial charge in [-0.25, -0.2) is 0 Å². The van der Waals surface area contributed by atoms with E-state index in [4.69, 9.17) is 0 Å². The molecule has 1 rings (SSSR count). The first kappa shape index (κ1) is 9.50. The van der Waals surface area contributed by atoms with Crippen LogP contribution in [0.25, 0.3) is 0 Å². The lowest BCUT2D eigenvalue weighted by Gasteiger charge is -2.27. The lowest BCUT2D eigenvalue weighted by molar-refractivity contribution is -0.126. The first-order valence-corrected chi connectivity index (χ1v) is 4.78. The van der Waals surface area contributed by atoms with Gasteiger partial charge in [0.05, 0.1) is 0 Å². The Hall–Kier alpha value is -0.590. The zero-order chi connectivity index (χ0) is 9.14. The second-order valence-electron chi connectivity index (χ2n) is 4.10. The quantitative estimate of drug-likeness (QED) is 0.576. The van der Waals surface area contributed by atoms with Crippen molar-refractivity contribution >= 4 is 5.78 Å². The van der Waals surface area contributed by atoms with Gasteiger partial charge in [0.1, 0.15) is 5.78 Å². The highest BCUT2D eigenvalue weighted by Gasteiger charge is 2.28. The van der Waals surface area contributed by atoms with Gasteiger partial charge in [-0.15, -0.1) is 6.58 Å². The van der Waals surface area contributed by atoms with E-state index in [1.54, 1.807) is 0 Å². The van der Waals surface area contributed by atoms with E-state index in [0.29, 0.717) is 11.7 Å². The predicted octanol–water partition coefficient (Wildman–Crippen LogP) is 2.96. The van der Waals surface area contributed by atoms with Crippen LogP contribution in [0.4, 0.5) is 0 Å². The lowest BCUT2D eigenvalue weighted by Crippen LogP contribution is -2.26. The summed E-state index contributed by atoms with van der Waals surface area (Å²) in [6.45, 7) is 8.06. The molecule has 1 aliphatic rings. The topological polar surface area (TPSA) is 17.1 Å². The average molecular weight is 166 g/mol.